The Kier molecular flexibility index (Phi) is 7.55. The van der Waals surface area contributed by atoms with Crippen LogP contribution in [0.4, 0.5) is 0 Å². The maximum atomic E-state index is 13.4. The molecule has 0 aromatic heterocycles. The van der Waals surface area contributed by atoms with Crippen molar-refractivity contribution in [2.24, 2.45) is 0 Å². The van der Waals surface area contributed by atoms with Crippen molar-refractivity contribution in [1.82, 2.24) is 14.7 Å². The van der Waals surface area contributed by atoms with Gasteiger partial charge in [-0.15, -0.1) is 0 Å². The standard InChI is InChI=1S/C22H31Cl2N3O3/c23-17-5-4-16(12-18(17)24)13-21(29)27-10-9-26(8-3-11-28)20-15-30-14-19(22(20)27)25-6-1-2-7-25/h4-5,12,19-20,22,28H,1-3,6-11,13-15H2/t19?,20?,22-/m1/s1. The molecule has 3 atom stereocenters. The smallest absolute Gasteiger partial charge is 0.227 e. The molecule has 30 heavy (non-hydrogen) atoms. The summed E-state index contributed by atoms with van der Waals surface area (Å²) in [6, 6.07) is 5.92. The first-order valence-electron chi connectivity index (χ1n) is 11.0. The average molecular weight is 456 g/mol. The Hall–Kier alpha value is -0.890. The maximum absolute atomic E-state index is 13.4. The lowest BCUT2D eigenvalue weighted by atomic mass is 9.90. The summed E-state index contributed by atoms with van der Waals surface area (Å²) >= 11 is 12.2. The van der Waals surface area contributed by atoms with Crippen LogP contribution in [0.5, 0.6) is 0 Å². The number of fused-ring (bicyclic) bond motifs is 1. The maximum Gasteiger partial charge on any atom is 0.227 e. The van der Waals surface area contributed by atoms with Crippen LogP contribution >= 0.6 is 23.2 Å². The molecule has 0 saturated carbocycles. The van der Waals surface area contributed by atoms with Crippen LogP contribution in [0.1, 0.15) is 24.8 Å². The third-order valence-electron chi connectivity index (χ3n) is 6.70. The molecular weight excluding hydrogens is 425 g/mol. The van der Waals surface area contributed by atoms with E-state index in [0.29, 0.717) is 36.2 Å². The second-order valence-corrected chi connectivity index (χ2v) is 9.35. The Balaban J connectivity index is 1.55. The van der Waals surface area contributed by atoms with Crippen LogP contribution in [0, 0.1) is 0 Å². The number of aliphatic hydroxyl groups is 1. The molecule has 6 nitrogen and oxygen atoms in total. The summed E-state index contributed by atoms with van der Waals surface area (Å²) in [4.78, 5) is 20.4. The molecule has 1 aromatic rings. The number of carbonyl (C=O) groups excluding carboxylic acids is 1. The van der Waals surface area contributed by atoms with Gasteiger partial charge in [-0.1, -0.05) is 29.3 Å². The monoisotopic (exact) mass is 455 g/mol. The zero-order valence-electron chi connectivity index (χ0n) is 17.3. The first kappa shape index (κ1) is 22.3. The van der Waals surface area contributed by atoms with Gasteiger partial charge in [0.15, 0.2) is 0 Å². The van der Waals surface area contributed by atoms with E-state index in [-0.39, 0.29) is 30.6 Å². The van der Waals surface area contributed by atoms with Gasteiger partial charge in [0.05, 0.1) is 47.8 Å². The van der Waals surface area contributed by atoms with Gasteiger partial charge in [-0.3, -0.25) is 14.6 Å². The Morgan fingerprint density at radius 3 is 2.57 bits per heavy atom. The Morgan fingerprint density at radius 1 is 1.07 bits per heavy atom. The zero-order valence-corrected chi connectivity index (χ0v) is 18.8. The van der Waals surface area contributed by atoms with Crippen molar-refractivity contribution >= 4 is 29.1 Å². The number of ether oxygens (including phenoxy) is 1. The Labute approximate surface area is 188 Å². The third kappa shape index (κ3) is 4.79. The van der Waals surface area contributed by atoms with Crippen LogP contribution in [0.15, 0.2) is 18.2 Å². The molecule has 4 rings (SSSR count). The number of hydrogen-bond donors (Lipinski definition) is 1. The number of amides is 1. The summed E-state index contributed by atoms with van der Waals surface area (Å²) in [5.41, 5.74) is 0.887. The van der Waals surface area contributed by atoms with E-state index in [1.165, 1.54) is 12.8 Å². The first-order valence-corrected chi connectivity index (χ1v) is 11.7. The van der Waals surface area contributed by atoms with E-state index in [2.05, 4.69) is 14.7 Å². The number of hydrogen-bond acceptors (Lipinski definition) is 5. The van der Waals surface area contributed by atoms with Gasteiger partial charge in [0.1, 0.15) is 0 Å². The highest BCUT2D eigenvalue weighted by molar-refractivity contribution is 6.42. The molecule has 8 heteroatoms. The van der Waals surface area contributed by atoms with Gasteiger partial charge < -0.3 is 14.7 Å². The van der Waals surface area contributed by atoms with Crippen molar-refractivity contribution in [2.45, 2.75) is 43.8 Å². The number of halogens is 2. The molecule has 166 valence electrons. The fourth-order valence-corrected chi connectivity index (χ4v) is 5.53. The normalized spacial score (nSPS) is 28.0. The molecule has 0 bridgehead atoms. The van der Waals surface area contributed by atoms with E-state index in [4.69, 9.17) is 27.9 Å². The number of piperazine rings is 1. The molecule has 3 fully saturated rings. The van der Waals surface area contributed by atoms with Crippen LogP contribution in [0.25, 0.3) is 0 Å². The molecule has 0 spiro atoms. The number of aliphatic hydroxyl groups excluding tert-OH is 1. The lowest BCUT2D eigenvalue weighted by Crippen LogP contribution is -2.71. The molecule has 1 amide bonds. The van der Waals surface area contributed by atoms with E-state index >= 15 is 0 Å². The molecule has 2 unspecified atom stereocenters. The van der Waals surface area contributed by atoms with Crippen LogP contribution in [0.3, 0.4) is 0 Å². The zero-order chi connectivity index (χ0) is 21.1. The largest absolute Gasteiger partial charge is 0.396 e. The molecule has 3 aliphatic heterocycles. The average Bonchev–Trinajstić information content (AvgIpc) is 3.29. The third-order valence-corrected chi connectivity index (χ3v) is 7.43. The lowest BCUT2D eigenvalue weighted by molar-refractivity contribution is -0.152. The molecule has 1 N–H and O–H groups in total. The highest BCUT2D eigenvalue weighted by atomic mass is 35.5. The predicted octanol–water partition coefficient (Wildman–Crippen LogP) is 2.29. The van der Waals surface area contributed by atoms with E-state index < -0.39 is 0 Å². The quantitative estimate of drug-likeness (QED) is 0.712. The Morgan fingerprint density at radius 2 is 1.83 bits per heavy atom. The van der Waals surface area contributed by atoms with Gasteiger partial charge >= 0.3 is 0 Å². The van der Waals surface area contributed by atoms with Gasteiger partial charge in [-0.25, -0.2) is 0 Å². The molecule has 1 aromatic carbocycles. The predicted molar refractivity (Wildman–Crippen MR) is 118 cm³/mol. The lowest BCUT2D eigenvalue weighted by Gasteiger charge is -2.54. The van der Waals surface area contributed by atoms with Gasteiger partial charge in [-0.2, -0.15) is 0 Å². The molecule has 3 saturated heterocycles. The van der Waals surface area contributed by atoms with Gasteiger partial charge in [0.2, 0.25) is 5.91 Å². The van der Waals surface area contributed by atoms with Crippen molar-refractivity contribution in [3.8, 4) is 0 Å². The highest BCUT2D eigenvalue weighted by Gasteiger charge is 2.47. The second-order valence-electron chi connectivity index (χ2n) is 8.53. The minimum atomic E-state index is 0.111. The van der Waals surface area contributed by atoms with E-state index in [1.54, 1.807) is 12.1 Å². The number of nitrogens with zero attached hydrogens (tertiary/aromatic N) is 3. The van der Waals surface area contributed by atoms with Gasteiger partial charge in [0, 0.05) is 26.2 Å². The number of rotatable bonds is 6. The van der Waals surface area contributed by atoms with Crippen molar-refractivity contribution in [3.63, 3.8) is 0 Å². The summed E-state index contributed by atoms with van der Waals surface area (Å²) in [7, 11) is 0. The van der Waals surface area contributed by atoms with Crippen LogP contribution in [-0.2, 0) is 16.0 Å². The number of benzene rings is 1. The van der Waals surface area contributed by atoms with Gasteiger partial charge in [-0.05, 0) is 50.0 Å². The highest BCUT2D eigenvalue weighted by Crippen LogP contribution is 2.30. The SMILES string of the molecule is O=C(Cc1ccc(Cl)c(Cl)c1)N1CCN(CCCO)C2COCC(N3CCCC3)[C@H]21. The van der Waals surface area contributed by atoms with Crippen LogP contribution < -0.4 is 0 Å². The minimum Gasteiger partial charge on any atom is -0.396 e. The fourth-order valence-electron chi connectivity index (χ4n) is 5.21. The fraction of sp³-hybridized carbons (Fsp3) is 0.682. The van der Waals surface area contributed by atoms with Crippen molar-refractivity contribution < 1.29 is 14.6 Å². The van der Waals surface area contributed by atoms with E-state index in [1.807, 2.05) is 6.07 Å². The van der Waals surface area contributed by atoms with E-state index in [9.17, 15) is 9.90 Å². The summed E-state index contributed by atoms with van der Waals surface area (Å²) in [6.07, 6.45) is 3.48. The number of carbonyl (C=O) groups is 1. The van der Waals surface area contributed by atoms with Gasteiger partial charge in [0.25, 0.3) is 0 Å². The Bertz CT molecular complexity index is 744. The summed E-state index contributed by atoms with van der Waals surface area (Å²) in [6.45, 7) is 5.99. The van der Waals surface area contributed by atoms with Crippen molar-refractivity contribution in [3.05, 3.63) is 33.8 Å². The van der Waals surface area contributed by atoms with Crippen molar-refractivity contribution in [2.75, 3.05) is 52.5 Å². The summed E-state index contributed by atoms with van der Waals surface area (Å²) in [5.74, 6) is 0.135. The molecular formula is C22H31Cl2N3O3. The molecule has 3 aliphatic rings. The number of likely N-dealkylation sites (tertiary alicyclic amines) is 1. The molecule has 0 aliphatic carbocycles. The topological polar surface area (TPSA) is 56.3 Å². The summed E-state index contributed by atoms with van der Waals surface area (Å²) in [5, 5.41) is 10.3. The van der Waals surface area contributed by atoms with Crippen LogP contribution in [-0.4, -0.2) is 96.4 Å². The second kappa shape index (κ2) is 10.2. The van der Waals surface area contributed by atoms with E-state index in [0.717, 1.165) is 38.2 Å². The molecule has 3 heterocycles. The van der Waals surface area contributed by atoms with Crippen LogP contribution in [0.2, 0.25) is 10.0 Å². The first-order chi connectivity index (χ1) is 14.6. The summed E-state index contributed by atoms with van der Waals surface area (Å²) < 4.78 is 6.03. The minimum absolute atomic E-state index is 0.111. The molecule has 0 radical (unpaired) electrons. The van der Waals surface area contributed by atoms with Crippen molar-refractivity contribution in [1.29, 1.82) is 0 Å².